The second-order valence-corrected chi connectivity index (χ2v) is 4.03. The van der Waals surface area contributed by atoms with Gasteiger partial charge in [-0.25, -0.2) is 4.79 Å². The van der Waals surface area contributed by atoms with Crippen LogP contribution in [0, 0.1) is 0 Å². The van der Waals surface area contributed by atoms with Gasteiger partial charge >= 0.3 is 5.97 Å². The maximum absolute atomic E-state index is 11.4. The van der Waals surface area contributed by atoms with Crippen molar-refractivity contribution in [3.63, 3.8) is 0 Å². The van der Waals surface area contributed by atoms with Gasteiger partial charge in [0.05, 0.1) is 20.3 Å². The average Bonchev–Trinajstić information content (AvgIpc) is 2.92. The van der Waals surface area contributed by atoms with E-state index in [-0.39, 0.29) is 11.7 Å². The van der Waals surface area contributed by atoms with E-state index < -0.39 is 5.97 Å². The van der Waals surface area contributed by atoms with E-state index in [0.717, 1.165) is 0 Å². The van der Waals surface area contributed by atoms with Gasteiger partial charge in [-0.15, -0.1) is 0 Å². The van der Waals surface area contributed by atoms with Crippen LogP contribution >= 0.6 is 0 Å². The van der Waals surface area contributed by atoms with Crippen LogP contribution in [0.2, 0.25) is 0 Å². The van der Waals surface area contributed by atoms with E-state index >= 15 is 0 Å². The van der Waals surface area contributed by atoms with E-state index in [4.69, 9.17) is 9.15 Å². The maximum atomic E-state index is 11.4. The SMILES string of the molecule is COCCNC(=O)CCNCc1ccc(C(=O)OC)o1. The molecule has 1 aromatic rings. The van der Waals surface area contributed by atoms with Crippen LogP contribution in [0.4, 0.5) is 0 Å². The van der Waals surface area contributed by atoms with Crippen LogP contribution < -0.4 is 10.6 Å². The van der Waals surface area contributed by atoms with Crippen molar-refractivity contribution in [3.8, 4) is 0 Å². The van der Waals surface area contributed by atoms with Crippen molar-refractivity contribution in [1.82, 2.24) is 10.6 Å². The summed E-state index contributed by atoms with van der Waals surface area (Å²) in [7, 11) is 2.88. The number of hydrogen-bond acceptors (Lipinski definition) is 6. The van der Waals surface area contributed by atoms with Crippen molar-refractivity contribution in [2.24, 2.45) is 0 Å². The fraction of sp³-hybridized carbons (Fsp3) is 0.538. The summed E-state index contributed by atoms with van der Waals surface area (Å²) in [5, 5.41) is 5.78. The summed E-state index contributed by atoms with van der Waals surface area (Å²) in [5.74, 6) is 0.241. The Balaban J connectivity index is 2.16. The van der Waals surface area contributed by atoms with Crippen LogP contribution in [0.3, 0.4) is 0 Å². The van der Waals surface area contributed by atoms with Crippen molar-refractivity contribution in [3.05, 3.63) is 23.7 Å². The molecule has 2 N–H and O–H groups in total. The molecular formula is C13H20N2O5. The van der Waals surface area contributed by atoms with E-state index in [2.05, 4.69) is 15.4 Å². The monoisotopic (exact) mass is 284 g/mol. The number of carbonyl (C=O) groups is 2. The third-order valence-electron chi connectivity index (χ3n) is 2.50. The molecule has 0 bridgehead atoms. The van der Waals surface area contributed by atoms with Crippen molar-refractivity contribution in [2.45, 2.75) is 13.0 Å². The minimum Gasteiger partial charge on any atom is -0.463 e. The number of methoxy groups -OCH3 is 2. The molecule has 0 aromatic carbocycles. The molecule has 0 aliphatic carbocycles. The second-order valence-electron chi connectivity index (χ2n) is 4.03. The van der Waals surface area contributed by atoms with Crippen LogP contribution in [0.5, 0.6) is 0 Å². The molecule has 7 heteroatoms. The Morgan fingerprint density at radius 1 is 1.25 bits per heavy atom. The largest absolute Gasteiger partial charge is 0.463 e. The molecule has 0 spiro atoms. The quantitative estimate of drug-likeness (QED) is 0.501. The molecule has 0 fully saturated rings. The summed E-state index contributed by atoms with van der Waals surface area (Å²) in [4.78, 5) is 22.5. The number of carbonyl (C=O) groups excluding carboxylic acids is 2. The van der Waals surface area contributed by atoms with Gasteiger partial charge in [-0.1, -0.05) is 0 Å². The molecular weight excluding hydrogens is 264 g/mol. The summed E-state index contributed by atoms with van der Waals surface area (Å²) in [6, 6.07) is 3.25. The Hall–Kier alpha value is -1.86. The Morgan fingerprint density at radius 2 is 2.05 bits per heavy atom. The molecule has 0 aliphatic heterocycles. The first-order chi connectivity index (χ1) is 9.67. The van der Waals surface area contributed by atoms with Gasteiger partial charge in [0.15, 0.2) is 0 Å². The van der Waals surface area contributed by atoms with Gasteiger partial charge in [0.1, 0.15) is 5.76 Å². The first kappa shape index (κ1) is 16.2. The number of nitrogens with one attached hydrogen (secondary N) is 2. The normalized spacial score (nSPS) is 10.3. The van der Waals surface area contributed by atoms with Gasteiger partial charge in [0.2, 0.25) is 11.7 Å². The van der Waals surface area contributed by atoms with Crippen molar-refractivity contribution < 1.29 is 23.5 Å². The predicted molar refractivity (Wildman–Crippen MR) is 71.3 cm³/mol. The summed E-state index contributed by atoms with van der Waals surface area (Å²) >= 11 is 0. The van der Waals surface area contributed by atoms with E-state index in [1.165, 1.54) is 7.11 Å². The molecule has 112 valence electrons. The molecule has 1 aromatic heterocycles. The number of amides is 1. The molecule has 20 heavy (non-hydrogen) atoms. The number of hydrogen-bond donors (Lipinski definition) is 2. The molecule has 1 rings (SSSR count). The topological polar surface area (TPSA) is 89.8 Å². The fourth-order valence-corrected chi connectivity index (χ4v) is 1.48. The van der Waals surface area contributed by atoms with Crippen LogP contribution in [-0.2, 0) is 20.8 Å². The van der Waals surface area contributed by atoms with E-state index in [1.807, 2.05) is 0 Å². The molecule has 0 saturated heterocycles. The van der Waals surface area contributed by atoms with Gasteiger partial charge in [0, 0.05) is 26.6 Å². The lowest BCUT2D eigenvalue weighted by Crippen LogP contribution is -2.29. The lowest BCUT2D eigenvalue weighted by molar-refractivity contribution is -0.121. The molecule has 0 saturated carbocycles. The number of furan rings is 1. The number of esters is 1. The van der Waals surface area contributed by atoms with Gasteiger partial charge in [-0.3, -0.25) is 4.79 Å². The fourth-order valence-electron chi connectivity index (χ4n) is 1.48. The minimum atomic E-state index is -0.506. The molecule has 7 nitrogen and oxygen atoms in total. The second kappa shape index (κ2) is 9.11. The Labute approximate surface area is 117 Å². The van der Waals surface area contributed by atoms with E-state index in [9.17, 15) is 9.59 Å². The third-order valence-corrected chi connectivity index (χ3v) is 2.50. The Kier molecular flexibility index (Phi) is 7.38. The van der Waals surface area contributed by atoms with Gasteiger partial charge in [0.25, 0.3) is 0 Å². The van der Waals surface area contributed by atoms with Gasteiger partial charge in [-0.2, -0.15) is 0 Å². The van der Waals surface area contributed by atoms with E-state index in [1.54, 1.807) is 19.2 Å². The molecule has 0 aliphatic rings. The lowest BCUT2D eigenvalue weighted by Gasteiger charge is -2.05. The van der Waals surface area contributed by atoms with E-state index in [0.29, 0.717) is 38.4 Å². The number of rotatable bonds is 9. The molecule has 1 heterocycles. The zero-order valence-electron chi connectivity index (χ0n) is 11.7. The Bertz CT molecular complexity index is 430. The van der Waals surface area contributed by atoms with Crippen LogP contribution in [0.25, 0.3) is 0 Å². The zero-order valence-corrected chi connectivity index (χ0v) is 11.7. The average molecular weight is 284 g/mol. The first-order valence-corrected chi connectivity index (χ1v) is 6.30. The third kappa shape index (κ3) is 5.85. The summed E-state index contributed by atoms with van der Waals surface area (Å²) in [5.41, 5.74) is 0. The van der Waals surface area contributed by atoms with Crippen molar-refractivity contribution >= 4 is 11.9 Å². The highest BCUT2D eigenvalue weighted by molar-refractivity contribution is 5.86. The van der Waals surface area contributed by atoms with Crippen LogP contribution in [0.15, 0.2) is 16.5 Å². The molecule has 0 unspecified atom stereocenters. The zero-order chi connectivity index (χ0) is 14.8. The van der Waals surface area contributed by atoms with Crippen LogP contribution in [0.1, 0.15) is 22.7 Å². The summed E-state index contributed by atoms with van der Waals surface area (Å²) < 4.78 is 14.6. The van der Waals surface area contributed by atoms with Crippen molar-refractivity contribution in [2.75, 3.05) is 33.9 Å². The smallest absolute Gasteiger partial charge is 0.373 e. The highest BCUT2D eigenvalue weighted by atomic mass is 16.5. The Morgan fingerprint density at radius 3 is 2.75 bits per heavy atom. The van der Waals surface area contributed by atoms with Crippen LogP contribution in [-0.4, -0.2) is 45.8 Å². The minimum absolute atomic E-state index is 0.0377. The van der Waals surface area contributed by atoms with Gasteiger partial charge in [-0.05, 0) is 12.1 Å². The molecule has 1 amide bonds. The maximum Gasteiger partial charge on any atom is 0.373 e. The summed E-state index contributed by atoms with van der Waals surface area (Å²) in [6.45, 7) is 1.98. The standard InChI is InChI=1S/C13H20N2O5/c1-18-8-7-15-12(16)5-6-14-9-10-3-4-11(20-10)13(17)19-2/h3-4,14H,5-9H2,1-2H3,(H,15,16). The molecule has 0 radical (unpaired) electrons. The van der Waals surface area contributed by atoms with Crippen molar-refractivity contribution in [1.29, 1.82) is 0 Å². The predicted octanol–water partition coefficient (Wildman–Crippen LogP) is 0.309. The van der Waals surface area contributed by atoms with Gasteiger partial charge < -0.3 is 24.5 Å². The number of ether oxygens (including phenoxy) is 2. The lowest BCUT2D eigenvalue weighted by atomic mass is 10.3. The summed E-state index contributed by atoms with van der Waals surface area (Å²) in [6.07, 6.45) is 0.369. The molecule has 0 atom stereocenters. The highest BCUT2D eigenvalue weighted by Crippen LogP contribution is 2.08. The highest BCUT2D eigenvalue weighted by Gasteiger charge is 2.10. The first-order valence-electron chi connectivity index (χ1n) is 6.30.